The van der Waals surface area contributed by atoms with Gasteiger partial charge < -0.3 is 10.1 Å². The molecular weight excluding hydrogens is 384 g/mol. The number of hydrogen-bond donors (Lipinski definition) is 1. The molecule has 152 valence electrons. The molecule has 0 fully saturated rings. The Morgan fingerprint density at radius 1 is 1.17 bits per heavy atom. The molecule has 0 saturated carbocycles. The number of amides is 1. The fourth-order valence-corrected chi connectivity index (χ4v) is 3.58. The van der Waals surface area contributed by atoms with Gasteiger partial charge in [0.15, 0.2) is 11.0 Å². The highest BCUT2D eigenvalue weighted by molar-refractivity contribution is 7.99. The number of rotatable bonds is 8. The van der Waals surface area contributed by atoms with Crippen molar-refractivity contribution >= 4 is 17.7 Å². The number of carbonyl (C=O) groups excluding carboxylic acids is 1. The average Bonchev–Trinajstić information content (AvgIpc) is 3.14. The fraction of sp³-hybridized carbons (Fsp3) is 0.318. The van der Waals surface area contributed by atoms with E-state index in [1.165, 1.54) is 11.8 Å². The van der Waals surface area contributed by atoms with Gasteiger partial charge in [0.25, 0.3) is 0 Å². The molecule has 29 heavy (non-hydrogen) atoms. The molecular formula is C22H26N4O2S. The van der Waals surface area contributed by atoms with Crippen LogP contribution >= 0.6 is 11.8 Å². The summed E-state index contributed by atoms with van der Waals surface area (Å²) in [7, 11) is 1.64. The number of benzene rings is 2. The summed E-state index contributed by atoms with van der Waals surface area (Å²) in [5, 5.41) is 12.4. The smallest absolute Gasteiger partial charge is 0.230 e. The Balaban J connectivity index is 1.92. The molecule has 0 atom stereocenters. The molecule has 0 bridgehead atoms. The Morgan fingerprint density at radius 2 is 1.93 bits per heavy atom. The van der Waals surface area contributed by atoms with Crippen molar-refractivity contribution in [2.75, 3.05) is 19.4 Å². The predicted octanol–water partition coefficient (Wildman–Crippen LogP) is 4.12. The van der Waals surface area contributed by atoms with E-state index in [0.29, 0.717) is 17.6 Å². The minimum absolute atomic E-state index is 0.00918. The van der Waals surface area contributed by atoms with Gasteiger partial charge in [-0.05, 0) is 43.2 Å². The van der Waals surface area contributed by atoms with E-state index in [1.807, 2.05) is 54.0 Å². The van der Waals surface area contributed by atoms with Crippen LogP contribution in [-0.4, -0.2) is 40.1 Å². The SMILES string of the molecule is COc1ccc(-n2c(SCC(=O)NCC(C)C)nnc2-c2cccc(C)c2)cc1. The second kappa shape index (κ2) is 9.60. The van der Waals surface area contributed by atoms with E-state index < -0.39 is 0 Å². The van der Waals surface area contributed by atoms with Crippen molar-refractivity contribution in [2.24, 2.45) is 5.92 Å². The molecule has 0 aliphatic heterocycles. The first-order valence-electron chi connectivity index (χ1n) is 9.54. The zero-order valence-corrected chi connectivity index (χ0v) is 18.0. The molecule has 0 saturated heterocycles. The van der Waals surface area contributed by atoms with Crippen LogP contribution in [0.1, 0.15) is 19.4 Å². The molecule has 2 aromatic carbocycles. The van der Waals surface area contributed by atoms with Crippen molar-refractivity contribution in [2.45, 2.75) is 25.9 Å². The molecule has 0 aliphatic carbocycles. The van der Waals surface area contributed by atoms with Gasteiger partial charge in [-0.3, -0.25) is 9.36 Å². The van der Waals surface area contributed by atoms with Crippen LogP contribution < -0.4 is 10.1 Å². The number of nitrogens with zero attached hydrogens (tertiary/aromatic N) is 3. The lowest BCUT2D eigenvalue weighted by molar-refractivity contribution is -0.118. The number of methoxy groups -OCH3 is 1. The molecule has 0 aliphatic rings. The highest BCUT2D eigenvalue weighted by atomic mass is 32.2. The largest absolute Gasteiger partial charge is 0.497 e. The first kappa shape index (κ1) is 20.9. The number of thioether (sulfide) groups is 1. The van der Waals surface area contributed by atoms with Crippen molar-refractivity contribution in [3.63, 3.8) is 0 Å². The number of ether oxygens (including phenoxy) is 1. The molecule has 1 N–H and O–H groups in total. The van der Waals surface area contributed by atoms with Gasteiger partial charge >= 0.3 is 0 Å². The van der Waals surface area contributed by atoms with Gasteiger partial charge in [-0.15, -0.1) is 10.2 Å². The van der Waals surface area contributed by atoms with Crippen LogP contribution in [0.5, 0.6) is 5.75 Å². The van der Waals surface area contributed by atoms with Crippen LogP contribution in [0.15, 0.2) is 53.7 Å². The van der Waals surface area contributed by atoms with Crippen LogP contribution in [0.4, 0.5) is 0 Å². The molecule has 0 spiro atoms. The number of aromatic nitrogens is 3. The summed E-state index contributed by atoms with van der Waals surface area (Å²) in [5.74, 6) is 2.21. The van der Waals surface area contributed by atoms with Crippen LogP contribution in [0.2, 0.25) is 0 Å². The maximum atomic E-state index is 12.2. The molecule has 1 aromatic heterocycles. The number of aryl methyl sites for hydroxylation is 1. The first-order chi connectivity index (χ1) is 14.0. The van der Waals surface area contributed by atoms with E-state index >= 15 is 0 Å². The van der Waals surface area contributed by atoms with Crippen molar-refractivity contribution in [1.29, 1.82) is 0 Å². The molecule has 3 rings (SSSR count). The standard InChI is InChI=1S/C22H26N4O2S/c1-15(2)13-23-20(27)14-29-22-25-24-21(17-7-5-6-16(3)12-17)26(22)18-8-10-19(28-4)11-9-18/h5-12,15H,13-14H2,1-4H3,(H,23,27). The molecule has 1 amide bonds. The van der Waals surface area contributed by atoms with Crippen molar-refractivity contribution in [1.82, 2.24) is 20.1 Å². The Labute approximate surface area is 175 Å². The second-order valence-corrected chi connectivity index (χ2v) is 8.14. The molecule has 0 radical (unpaired) electrons. The third-order valence-electron chi connectivity index (χ3n) is 4.28. The maximum absolute atomic E-state index is 12.2. The summed E-state index contributed by atoms with van der Waals surface area (Å²) in [6.07, 6.45) is 0. The monoisotopic (exact) mass is 410 g/mol. The number of hydrogen-bond acceptors (Lipinski definition) is 5. The van der Waals surface area contributed by atoms with Crippen LogP contribution in [0.25, 0.3) is 17.1 Å². The van der Waals surface area contributed by atoms with Crippen molar-refractivity contribution in [3.05, 3.63) is 54.1 Å². The third-order valence-corrected chi connectivity index (χ3v) is 5.21. The highest BCUT2D eigenvalue weighted by Gasteiger charge is 2.17. The summed E-state index contributed by atoms with van der Waals surface area (Å²) in [6.45, 7) is 6.86. The van der Waals surface area contributed by atoms with Gasteiger partial charge in [0.1, 0.15) is 5.75 Å². The Hall–Kier alpha value is -2.80. The van der Waals surface area contributed by atoms with Crippen LogP contribution in [0, 0.1) is 12.8 Å². The fourth-order valence-electron chi connectivity index (χ4n) is 2.80. The minimum Gasteiger partial charge on any atom is -0.497 e. The van der Waals surface area contributed by atoms with Gasteiger partial charge in [0.05, 0.1) is 12.9 Å². The van der Waals surface area contributed by atoms with Crippen LogP contribution in [0.3, 0.4) is 0 Å². The van der Waals surface area contributed by atoms with Crippen LogP contribution in [-0.2, 0) is 4.79 Å². The zero-order valence-electron chi connectivity index (χ0n) is 17.2. The Bertz CT molecular complexity index is 967. The first-order valence-corrected chi connectivity index (χ1v) is 10.5. The lowest BCUT2D eigenvalue weighted by Gasteiger charge is -2.12. The van der Waals surface area contributed by atoms with Gasteiger partial charge in [-0.1, -0.05) is 49.4 Å². The van der Waals surface area contributed by atoms with Gasteiger partial charge in [0.2, 0.25) is 5.91 Å². The van der Waals surface area contributed by atoms with E-state index in [0.717, 1.165) is 28.4 Å². The summed E-state index contributed by atoms with van der Waals surface area (Å²) in [4.78, 5) is 12.2. The number of carbonyl (C=O) groups is 1. The molecule has 7 heteroatoms. The lowest BCUT2D eigenvalue weighted by atomic mass is 10.1. The zero-order chi connectivity index (χ0) is 20.8. The summed E-state index contributed by atoms with van der Waals surface area (Å²) >= 11 is 1.38. The quantitative estimate of drug-likeness (QED) is 0.566. The predicted molar refractivity (Wildman–Crippen MR) is 117 cm³/mol. The summed E-state index contributed by atoms with van der Waals surface area (Å²) in [5.41, 5.74) is 3.04. The van der Waals surface area contributed by atoms with Crippen molar-refractivity contribution < 1.29 is 9.53 Å². The minimum atomic E-state index is -0.00918. The van der Waals surface area contributed by atoms with Gasteiger partial charge in [-0.25, -0.2) is 0 Å². The Morgan fingerprint density at radius 3 is 2.59 bits per heavy atom. The molecule has 0 unspecified atom stereocenters. The summed E-state index contributed by atoms with van der Waals surface area (Å²) in [6, 6.07) is 15.9. The van der Waals surface area contributed by atoms with E-state index in [1.54, 1.807) is 7.11 Å². The van der Waals surface area contributed by atoms with E-state index in [2.05, 4.69) is 35.4 Å². The molecule has 3 aromatic rings. The van der Waals surface area contributed by atoms with Gasteiger partial charge in [0, 0.05) is 17.8 Å². The third kappa shape index (κ3) is 5.38. The molecule has 6 nitrogen and oxygen atoms in total. The highest BCUT2D eigenvalue weighted by Crippen LogP contribution is 2.29. The topological polar surface area (TPSA) is 69.0 Å². The van der Waals surface area contributed by atoms with E-state index in [9.17, 15) is 4.79 Å². The molecule has 1 heterocycles. The normalized spacial score (nSPS) is 10.9. The van der Waals surface area contributed by atoms with E-state index in [4.69, 9.17) is 4.74 Å². The lowest BCUT2D eigenvalue weighted by Crippen LogP contribution is -2.28. The van der Waals surface area contributed by atoms with E-state index in [-0.39, 0.29) is 11.7 Å². The summed E-state index contributed by atoms with van der Waals surface area (Å²) < 4.78 is 7.25. The second-order valence-electron chi connectivity index (χ2n) is 7.20. The number of nitrogens with one attached hydrogen (secondary N) is 1. The van der Waals surface area contributed by atoms with Gasteiger partial charge in [-0.2, -0.15) is 0 Å². The average molecular weight is 411 g/mol. The maximum Gasteiger partial charge on any atom is 0.230 e. The van der Waals surface area contributed by atoms with Crippen molar-refractivity contribution in [3.8, 4) is 22.8 Å². The Kier molecular flexibility index (Phi) is 6.93.